The Kier molecular flexibility index (Phi) is 6.12. The quantitative estimate of drug-likeness (QED) is 0.900. The Morgan fingerprint density at radius 1 is 1.08 bits per heavy atom. The molecule has 5 nitrogen and oxygen atoms in total. The molecule has 1 saturated carbocycles. The van der Waals surface area contributed by atoms with Gasteiger partial charge in [-0.1, -0.05) is 31.4 Å². The highest BCUT2D eigenvalue weighted by molar-refractivity contribution is 5.79. The highest BCUT2D eigenvalue weighted by atomic mass is 19.1. The lowest BCUT2D eigenvalue weighted by molar-refractivity contribution is -0.138. The van der Waals surface area contributed by atoms with Gasteiger partial charge in [0.05, 0.1) is 0 Å². The van der Waals surface area contributed by atoms with Crippen LogP contribution in [0, 0.1) is 18.7 Å². The summed E-state index contributed by atoms with van der Waals surface area (Å²) < 4.78 is 13.3. The van der Waals surface area contributed by atoms with Crippen molar-refractivity contribution in [1.82, 2.24) is 15.1 Å². The average Bonchev–Trinajstić information content (AvgIpc) is 2.69. The molecule has 2 aliphatic rings. The van der Waals surface area contributed by atoms with Gasteiger partial charge in [-0.25, -0.2) is 9.18 Å². The number of hydrogen-bond donors (Lipinski definition) is 1. The Morgan fingerprint density at radius 2 is 1.73 bits per heavy atom. The summed E-state index contributed by atoms with van der Waals surface area (Å²) in [6.45, 7) is 4.43. The second-order valence-electron chi connectivity index (χ2n) is 7.39. The fourth-order valence-corrected chi connectivity index (χ4v) is 3.84. The number of halogens is 1. The summed E-state index contributed by atoms with van der Waals surface area (Å²) in [5.74, 6) is 0.219. The smallest absolute Gasteiger partial charge is 0.317 e. The molecule has 0 aromatic heterocycles. The molecule has 0 unspecified atom stereocenters. The number of rotatable bonds is 3. The van der Waals surface area contributed by atoms with Gasteiger partial charge in [-0.05, 0) is 37.0 Å². The van der Waals surface area contributed by atoms with E-state index in [-0.39, 0.29) is 23.7 Å². The van der Waals surface area contributed by atoms with Crippen molar-refractivity contribution >= 4 is 11.9 Å². The summed E-state index contributed by atoms with van der Waals surface area (Å²) in [7, 11) is 0. The number of nitrogens with zero attached hydrogens (tertiary/aromatic N) is 2. The highest BCUT2D eigenvalue weighted by Crippen LogP contribution is 2.25. The molecule has 1 aromatic carbocycles. The van der Waals surface area contributed by atoms with Crippen molar-refractivity contribution in [3.8, 4) is 0 Å². The van der Waals surface area contributed by atoms with Crippen molar-refractivity contribution in [2.45, 2.75) is 45.6 Å². The minimum atomic E-state index is -0.237. The molecule has 3 rings (SSSR count). The Labute approximate surface area is 154 Å². The first-order valence-electron chi connectivity index (χ1n) is 9.61. The van der Waals surface area contributed by atoms with Crippen molar-refractivity contribution in [2.24, 2.45) is 5.92 Å². The zero-order valence-electron chi connectivity index (χ0n) is 15.5. The molecule has 0 bridgehead atoms. The zero-order valence-corrected chi connectivity index (χ0v) is 15.5. The molecule has 1 aliphatic carbocycles. The molecule has 1 N–H and O–H groups in total. The van der Waals surface area contributed by atoms with E-state index in [1.165, 1.54) is 12.5 Å². The summed E-state index contributed by atoms with van der Waals surface area (Å²) in [5.41, 5.74) is 1.45. The van der Waals surface area contributed by atoms with Crippen LogP contribution < -0.4 is 5.32 Å². The van der Waals surface area contributed by atoms with Gasteiger partial charge < -0.3 is 15.1 Å². The summed E-state index contributed by atoms with van der Waals surface area (Å²) >= 11 is 0. The molecule has 0 radical (unpaired) electrons. The number of carbonyl (C=O) groups excluding carboxylic acids is 2. The van der Waals surface area contributed by atoms with E-state index in [1.54, 1.807) is 24.0 Å². The standard InChI is InChI=1S/C20H28FN3O2/c1-15-13-16(7-8-18(15)21)14-22-20(26)24-11-9-23(10-12-24)19(25)17-5-3-2-4-6-17/h7-8,13,17H,2-6,9-12,14H2,1H3,(H,22,26). The Hall–Kier alpha value is -2.11. The van der Waals surface area contributed by atoms with Crippen LogP contribution >= 0.6 is 0 Å². The van der Waals surface area contributed by atoms with E-state index < -0.39 is 0 Å². The minimum absolute atomic E-state index is 0.128. The van der Waals surface area contributed by atoms with Crippen LogP contribution in [0.1, 0.15) is 43.2 Å². The molecule has 26 heavy (non-hydrogen) atoms. The first kappa shape index (κ1) is 18.7. The van der Waals surface area contributed by atoms with Gasteiger partial charge in [-0.3, -0.25) is 4.79 Å². The van der Waals surface area contributed by atoms with Gasteiger partial charge in [0.15, 0.2) is 0 Å². The Bertz CT molecular complexity index is 650. The lowest BCUT2D eigenvalue weighted by Gasteiger charge is -2.37. The maximum Gasteiger partial charge on any atom is 0.317 e. The molecular weight excluding hydrogens is 333 g/mol. The minimum Gasteiger partial charge on any atom is -0.339 e. The van der Waals surface area contributed by atoms with Crippen molar-refractivity contribution in [3.63, 3.8) is 0 Å². The maximum atomic E-state index is 13.3. The van der Waals surface area contributed by atoms with Gasteiger partial charge in [0.2, 0.25) is 5.91 Å². The number of piperazine rings is 1. The van der Waals surface area contributed by atoms with Crippen LogP contribution in [0.2, 0.25) is 0 Å². The van der Waals surface area contributed by atoms with Crippen molar-refractivity contribution in [1.29, 1.82) is 0 Å². The van der Waals surface area contributed by atoms with Gasteiger partial charge in [0, 0.05) is 38.6 Å². The third-order valence-electron chi connectivity index (χ3n) is 5.50. The summed E-state index contributed by atoms with van der Waals surface area (Å²) in [4.78, 5) is 28.6. The number of urea groups is 1. The van der Waals surface area contributed by atoms with Crippen LogP contribution in [-0.4, -0.2) is 47.9 Å². The van der Waals surface area contributed by atoms with E-state index in [0.717, 1.165) is 31.2 Å². The van der Waals surface area contributed by atoms with Crippen molar-refractivity contribution in [2.75, 3.05) is 26.2 Å². The molecule has 0 atom stereocenters. The van der Waals surface area contributed by atoms with Crippen LogP contribution in [0.5, 0.6) is 0 Å². The SMILES string of the molecule is Cc1cc(CNC(=O)N2CCN(C(=O)C3CCCCC3)CC2)ccc1F. The van der Waals surface area contributed by atoms with E-state index in [1.807, 2.05) is 4.90 Å². The first-order chi connectivity index (χ1) is 12.5. The van der Waals surface area contributed by atoms with Crippen molar-refractivity contribution < 1.29 is 14.0 Å². The fraction of sp³-hybridized carbons (Fsp3) is 0.600. The van der Waals surface area contributed by atoms with Crippen LogP contribution in [0.25, 0.3) is 0 Å². The molecule has 6 heteroatoms. The number of amides is 3. The second-order valence-corrected chi connectivity index (χ2v) is 7.39. The van der Waals surface area contributed by atoms with E-state index in [2.05, 4.69) is 5.32 Å². The van der Waals surface area contributed by atoms with E-state index in [9.17, 15) is 14.0 Å². The monoisotopic (exact) mass is 361 g/mol. The van der Waals surface area contributed by atoms with E-state index in [4.69, 9.17) is 0 Å². The Morgan fingerprint density at radius 3 is 2.38 bits per heavy atom. The molecule has 1 aromatic rings. The predicted molar refractivity (Wildman–Crippen MR) is 98.1 cm³/mol. The lowest BCUT2D eigenvalue weighted by Crippen LogP contribution is -2.54. The molecule has 0 spiro atoms. The summed E-state index contributed by atoms with van der Waals surface area (Å²) in [5, 5.41) is 2.88. The first-order valence-corrected chi connectivity index (χ1v) is 9.61. The number of aryl methyl sites for hydroxylation is 1. The van der Waals surface area contributed by atoms with Gasteiger partial charge in [-0.2, -0.15) is 0 Å². The highest BCUT2D eigenvalue weighted by Gasteiger charge is 2.29. The van der Waals surface area contributed by atoms with Gasteiger partial charge in [0.1, 0.15) is 5.82 Å². The number of nitrogens with one attached hydrogen (secondary N) is 1. The summed E-state index contributed by atoms with van der Waals surface area (Å²) in [6, 6.07) is 4.73. The van der Waals surface area contributed by atoms with Gasteiger partial charge in [0.25, 0.3) is 0 Å². The molecule has 142 valence electrons. The number of hydrogen-bond acceptors (Lipinski definition) is 2. The normalized spacial score (nSPS) is 18.7. The largest absolute Gasteiger partial charge is 0.339 e. The third kappa shape index (κ3) is 4.54. The van der Waals surface area contributed by atoms with Gasteiger partial charge >= 0.3 is 6.03 Å². The predicted octanol–water partition coefficient (Wildman–Crippen LogP) is 3.07. The molecule has 3 amide bonds. The maximum absolute atomic E-state index is 13.3. The average molecular weight is 361 g/mol. The number of carbonyl (C=O) groups is 2. The molecule has 1 heterocycles. The molecule has 1 aliphatic heterocycles. The van der Waals surface area contributed by atoms with Crippen LogP contribution in [-0.2, 0) is 11.3 Å². The second kappa shape index (κ2) is 8.52. The van der Waals surface area contributed by atoms with Crippen molar-refractivity contribution in [3.05, 3.63) is 35.1 Å². The van der Waals surface area contributed by atoms with Gasteiger partial charge in [-0.15, -0.1) is 0 Å². The van der Waals surface area contributed by atoms with E-state index >= 15 is 0 Å². The zero-order chi connectivity index (χ0) is 18.5. The molecular formula is C20H28FN3O2. The van der Waals surface area contributed by atoms with E-state index in [0.29, 0.717) is 38.3 Å². The lowest BCUT2D eigenvalue weighted by atomic mass is 9.88. The fourth-order valence-electron chi connectivity index (χ4n) is 3.84. The topological polar surface area (TPSA) is 52.7 Å². The molecule has 2 fully saturated rings. The summed E-state index contributed by atoms with van der Waals surface area (Å²) in [6.07, 6.45) is 5.57. The van der Waals surface area contributed by atoms with Crippen LogP contribution in [0.3, 0.4) is 0 Å². The number of benzene rings is 1. The van der Waals surface area contributed by atoms with Crippen LogP contribution in [0.15, 0.2) is 18.2 Å². The molecule has 1 saturated heterocycles. The van der Waals surface area contributed by atoms with Crippen LogP contribution in [0.4, 0.5) is 9.18 Å². The Balaban J connectivity index is 1.44. The third-order valence-corrected chi connectivity index (χ3v) is 5.50.